The number of carbonyl (C=O) groups is 1. The number of hydrogen-bond acceptors (Lipinski definition) is 3. The smallest absolute Gasteiger partial charge is 0.317 e. The van der Waals surface area contributed by atoms with Gasteiger partial charge in [-0.1, -0.05) is 0 Å². The molecule has 3 rings (SSSR count). The second kappa shape index (κ2) is 3.46. The van der Waals surface area contributed by atoms with E-state index in [-0.39, 0.29) is 11.6 Å². The summed E-state index contributed by atoms with van der Waals surface area (Å²) in [5.74, 6) is -0.0836. The zero-order chi connectivity index (χ0) is 12.9. The van der Waals surface area contributed by atoms with Gasteiger partial charge >= 0.3 is 5.69 Å². The third-order valence-electron chi connectivity index (χ3n) is 3.41. The first-order chi connectivity index (χ1) is 8.49. The maximum atomic E-state index is 12.1. The van der Waals surface area contributed by atoms with Crippen molar-refractivity contribution >= 4 is 22.6 Å². The number of rotatable bonds is 2. The maximum absolute atomic E-state index is 12.1. The van der Waals surface area contributed by atoms with Crippen LogP contribution in [-0.2, 0) is 4.79 Å². The number of nitrogens with zero attached hydrogens (tertiary/aromatic N) is 1. The molecule has 94 valence electrons. The fourth-order valence-corrected chi connectivity index (χ4v) is 2.03. The topological polar surface area (TPSA) is 95.0 Å². The van der Waals surface area contributed by atoms with Crippen LogP contribution in [0.25, 0.3) is 11.0 Å². The average molecular weight is 246 g/mol. The van der Waals surface area contributed by atoms with Crippen LogP contribution in [0.15, 0.2) is 23.0 Å². The number of aromatic amines is 2. The lowest BCUT2D eigenvalue weighted by atomic mass is 10.2. The molecule has 0 unspecified atom stereocenters. The van der Waals surface area contributed by atoms with Crippen LogP contribution in [0.1, 0.15) is 12.8 Å². The Bertz CT molecular complexity index is 681. The minimum atomic E-state index is -0.685. The van der Waals surface area contributed by atoms with Gasteiger partial charge in [0.05, 0.1) is 16.6 Å². The molecular formula is C12H14N4O2. The highest BCUT2D eigenvalue weighted by Gasteiger charge is 2.47. The summed E-state index contributed by atoms with van der Waals surface area (Å²) in [4.78, 5) is 30.1. The molecule has 1 aromatic heterocycles. The number of carbonyl (C=O) groups excluding carboxylic acids is 1. The van der Waals surface area contributed by atoms with Crippen LogP contribution >= 0.6 is 0 Å². The van der Waals surface area contributed by atoms with Crippen molar-refractivity contribution in [2.45, 2.75) is 18.4 Å². The molecule has 1 aromatic carbocycles. The van der Waals surface area contributed by atoms with Gasteiger partial charge < -0.3 is 20.6 Å². The predicted octanol–water partition coefficient (Wildman–Crippen LogP) is 0.310. The maximum Gasteiger partial charge on any atom is 0.323 e. The highest BCUT2D eigenvalue weighted by atomic mass is 16.2. The van der Waals surface area contributed by atoms with E-state index >= 15 is 0 Å². The van der Waals surface area contributed by atoms with Gasteiger partial charge in [-0.15, -0.1) is 0 Å². The largest absolute Gasteiger partial charge is 0.323 e. The number of hydrogen-bond donors (Lipinski definition) is 3. The standard InChI is InChI=1S/C12H14N4O2/c1-16(10(17)12(13)4-5-12)7-2-3-8-9(6-7)15-11(18)14-8/h2-3,6H,4-5,13H2,1H3,(H2,14,15,18). The molecule has 0 aliphatic heterocycles. The van der Waals surface area contributed by atoms with Crippen molar-refractivity contribution in [3.05, 3.63) is 28.7 Å². The Morgan fingerprint density at radius 1 is 1.33 bits per heavy atom. The number of nitrogens with two attached hydrogens (primary N) is 1. The lowest BCUT2D eigenvalue weighted by Crippen LogP contribution is -2.43. The first-order valence-electron chi connectivity index (χ1n) is 5.79. The summed E-state index contributed by atoms with van der Waals surface area (Å²) in [6.45, 7) is 0. The van der Waals surface area contributed by atoms with Crippen LogP contribution in [0.2, 0.25) is 0 Å². The Morgan fingerprint density at radius 3 is 2.67 bits per heavy atom. The number of aromatic nitrogens is 2. The molecule has 18 heavy (non-hydrogen) atoms. The summed E-state index contributed by atoms with van der Waals surface area (Å²) < 4.78 is 0. The molecule has 0 bridgehead atoms. The molecule has 4 N–H and O–H groups in total. The van der Waals surface area contributed by atoms with E-state index in [0.717, 1.165) is 24.0 Å². The van der Waals surface area contributed by atoms with Gasteiger partial charge in [0.1, 0.15) is 0 Å². The molecular weight excluding hydrogens is 232 g/mol. The second-order valence-corrected chi connectivity index (χ2v) is 4.83. The molecule has 6 nitrogen and oxygen atoms in total. The van der Waals surface area contributed by atoms with Crippen LogP contribution in [0.3, 0.4) is 0 Å². The molecule has 1 amide bonds. The lowest BCUT2D eigenvalue weighted by molar-refractivity contribution is -0.120. The van der Waals surface area contributed by atoms with Crippen LogP contribution in [0.4, 0.5) is 5.69 Å². The Hall–Kier alpha value is -2.08. The van der Waals surface area contributed by atoms with E-state index in [0.29, 0.717) is 5.52 Å². The Labute approximate surface area is 103 Å². The van der Waals surface area contributed by atoms with E-state index in [1.165, 1.54) is 4.90 Å². The summed E-state index contributed by atoms with van der Waals surface area (Å²) >= 11 is 0. The molecule has 0 spiro atoms. The van der Waals surface area contributed by atoms with E-state index < -0.39 is 5.54 Å². The third kappa shape index (κ3) is 1.62. The molecule has 0 radical (unpaired) electrons. The van der Waals surface area contributed by atoms with E-state index in [1.54, 1.807) is 25.2 Å². The average Bonchev–Trinajstić information content (AvgIpc) is 2.98. The van der Waals surface area contributed by atoms with Gasteiger partial charge in [-0.05, 0) is 31.0 Å². The molecule has 6 heteroatoms. The van der Waals surface area contributed by atoms with Crippen molar-refractivity contribution in [1.82, 2.24) is 9.97 Å². The van der Waals surface area contributed by atoms with Gasteiger partial charge in [0.25, 0.3) is 0 Å². The minimum absolute atomic E-state index is 0.0836. The van der Waals surface area contributed by atoms with Gasteiger partial charge in [0.15, 0.2) is 0 Å². The number of likely N-dealkylation sites (N-methyl/N-ethyl adjacent to an activating group) is 1. The summed E-state index contributed by atoms with van der Waals surface area (Å²) in [5.41, 5.74) is 7.07. The van der Waals surface area contributed by atoms with Crippen LogP contribution < -0.4 is 16.3 Å². The Kier molecular flexibility index (Phi) is 2.12. The number of benzene rings is 1. The van der Waals surface area contributed by atoms with Crippen molar-refractivity contribution in [2.24, 2.45) is 5.73 Å². The summed E-state index contributed by atoms with van der Waals surface area (Å²) in [6, 6.07) is 5.31. The van der Waals surface area contributed by atoms with Gasteiger partial charge in [-0.25, -0.2) is 4.79 Å². The fourth-order valence-electron chi connectivity index (χ4n) is 2.03. The van der Waals surface area contributed by atoms with Crippen LogP contribution in [0.5, 0.6) is 0 Å². The Balaban J connectivity index is 1.98. The molecule has 0 atom stereocenters. The third-order valence-corrected chi connectivity index (χ3v) is 3.41. The van der Waals surface area contributed by atoms with Gasteiger partial charge in [-0.3, -0.25) is 4.79 Å². The molecule has 2 aromatic rings. The van der Waals surface area contributed by atoms with E-state index in [9.17, 15) is 9.59 Å². The van der Waals surface area contributed by atoms with E-state index in [4.69, 9.17) is 5.73 Å². The fraction of sp³-hybridized carbons (Fsp3) is 0.333. The second-order valence-electron chi connectivity index (χ2n) is 4.83. The molecule has 1 aliphatic rings. The van der Waals surface area contributed by atoms with Gasteiger partial charge in [0.2, 0.25) is 5.91 Å². The molecule has 1 aliphatic carbocycles. The monoisotopic (exact) mass is 246 g/mol. The quantitative estimate of drug-likeness (QED) is 0.711. The highest BCUT2D eigenvalue weighted by molar-refractivity contribution is 6.02. The molecule has 1 saturated carbocycles. The van der Waals surface area contributed by atoms with E-state index in [1.807, 2.05) is 0 Å². The van der Waals surface area contributed by atoms with Crippen LogP contribution in [-0.4, -0.2) is 28.5 Å². The van der Waals surface area contributed by atoms with Gasteiger partial charge in [-0.2, -0.15) is 0 Å². The zero-order valence-electron chi connectivity index (χ0n) is 9.99. The number of imidazole rings is 1. The molecule has 1 fully saturated rings. The number of anilines is 1. The SMILES string of the molecule is CN(C(=O)C1(N)CC1)c1ccc2[nH]c(=O)[nH]c2c1. The van der Waals surface area contributed by atoms with E-state index in [2.05, 4.69) is 9.97 Å². The Morgan fingerprint density at radius 2 is 2.00 bits per heavy atom. The van der Waals surface area contributed by atoms with Crippen molar-refractivity contribution < 1.29 is 4.79 Å². The first-order valence-corrected chi connectivity index (χ1v) is 5.79. The van der Waals surface area contributed by atoms with Crippen molar-refractivity contribution in [1.29, 1.82) is 0 Å². The van der Waals surface area contributed by atoms with Crippen LogP contribution in [0, 0.1) is 0 Å². The molecule has 0 saturated heterocycles. The number of fused-ring (bicyclic) bond motifs is 1. The molecule has 1 heterocycles. The number of amides is 1. The number of nitrogens with one attached hydrogen (secondary N) is 2. The predicted molar refractivity (Wildman–Crippen MR) is 68.5 cm³/mol. The minimum Gasteiger partial charge on any atom is -0.317 e. The highest BCUT2D eigenvalue weighted by Crippen LogP contribution is 2.35. The summed E-state index contributed by atoms with van der Waals surface area (Å²) in [5, 5.41) is 0. The summed E-state index contributed by atoms with van der Waals surface area (Å²) in [7, 11) is 1.70. The van der Waals surface area contributed by atoms with Crippen molar-refractivity contribution in [2.75, 3.05) is 11.9 Å². The normalized spacial score (nSPS) is 16.8. The lowest BCUT2D eigenvalue weighted by Gasteiger charge is -2.20. The first kappa shape index (κ1) is 11.0. The van der Waals surface area contributed by atoms with Crippen molar-refractivity contribution in [3.8, 4) is 0 Å². The van der Waals surface area contributed by atoms with Gasteiger partial charge in [0, 0.05) is 12.7 Å². The van der Waals surface area contributed by atoms with Crippen molar-refractivity contribution in [3.63, 3.8) is 0 Å². The summed E-state index contributed by atoms with van der Waals surface area (Å²) in [6.07, 6.45) is 1.47. The zero-order valence-corrected chi connectivity index (χ0v) is 9.99. The number of H-pyrrole nitrogens is 2.